The van der Waals surface area contributed by atoms with Crippen LogP contribution >= 0.6 is 0 Å². The summed E-state index contributed by atoms with van der Waals surface area (Å²) < 4.78 is 23.2. The van der Waals surface area contributed by atoms with Crippen LogP contribution in [-0.2, 0) is 25.5 Å². The molecule has 132 valence electrons. The molecule has 0 saturated carbocycles. The average molecular weight is 337 g/mol. The predicted molar refractivity (Wildman–Crippen MR) is 86.8 cm³/mol. The molecule has 6 heteroatoms. The van der Waals surface area contributed by atoms with Crippen LogP contribution in [0.4, 0.5) is 4.39 Å². The fourth-order valence-corrected chi connectivity index (χ4v) is 2.79. The van der Waals surface area contributed by atoms with Gasteiger partial charge in [0.05, 0.1) is 13.0 Å². The summed E-state index contributed by atoms with van der Waals surface area (Å²) in [5, 5.41) is 0. The van der Waals surface area contributed by atoms with Crippen molar-refractivity contribution in [2.75, 3.05) is 26.8 Å². The van der Waals surface area contributed by atoms with Gasteiger partial charge in [0, 0.05) is 19.7 Å². The summed E-state index contributed by atoms with van der Waals surface area (Å²) in [5.74, 6) is -1.13. The van der Waals surface area contributed by atoms with Crippen molar-refractivity contribution in [3.63, 3.8) is 0 Å². The Morgan fingerprint density at radius 2 is 2.08 bits per heavy atom. The standard InChI is InChI=1S/C18H24FNO4/c1-13(18(22)23-2)12-20(17(21)16-4-3-11-24-16)10-9-14-5-7-15(19)8-6-14/h5-8,13,16H,3-4,9-12H2,1-2H3. The Labute approximate surface area is 141 Å². The van der Waals surface area contributed by atoms with Crippen molar-refractivity contribution in [3.8, 4) is 0 Å². The lowest BCUT2D eigenvalue weighted by Crippen LogP contribution is -2.43. The number of hydrogen-bond acceptors (Lipinski definition) is 4. The van der Waals surface area contributed by atoms with E-state index in [0.717, 1.165) is 12.0 Å². The summed E-state index contributed by atoms with van der Waals surface area (Å²) in [6.07, 6.45) is 1.74. The second-order valence-corrected chi connectivity index (χ2v) is 6.09. The van der Waals surface area contributed by atoms with Gasteiger partial charge in [-0.25, -0.2) is 4.39 Å². The van der Waals surface area contributed by atoms with Gasteiger partial charge in [0.15, 0.2) is 0 Å². The zero-order valence-electron chi connectivity index (χ0n) is 14.2. The summed E-state index contributed by atoms with van der Waals surface area (Å²) in [6.45, 7) is 3.06. The Morgan fingerprint density at radius 3 is 2.67 bits per heavy atom. The van der Waals surface area contributed by atoms with E-state index >= 15 is 0 Å². The Morgan fingerprint density at radius 1 is 1.38 bits per heavy atom. The van der Waals surface area contributed by atoms with E-state index < -0.39 is 12.0 Å². The highest BCUT2D eigenvalue weighted by atomic mass is 19.1. The van der Waals surface area contributed by atoms with Crippen molar-refractivity contribution in [3.05, 3.63) is 35.6 Å². The van der Waals surface area contributed by atoms with Crippen molar-refractivity contribution >= 4 is 11.9 Å². The third-order valence-electron chi connectivity index (χ3n) is 4.20. The number of nitrogens with zero attached hydrogens (tertiary/aromatic N) is 1. The molecular weight excluding hydrogens is 313 g/mol. The first-order valence-corrected chi connectivity index (χ1v) is 8.24. The summed E-state index contributed by atoms with van der Waals surface area (Å²) in [7, 11) is 1.34. The van der Waals surface area contributed by atoms with E-state index in [1.165, 1.54) is 19.2 Å². The van der Waals surface area contributed by atoms with Crippen molar-refractivity contribution in [1.82, 2.24) is 4.90 Å². The molecule has 2 rings (SSSR count). The van der Waals surface area contributed by atoms with E-state index in [9.17, 15) is 14.0 Å². The van der Waals surface area contributed by atoms with Crippen molar-refractivity contribution in [2.45, 2.75) is 32.3 Å². The minimum atomic E-state index is -0.428. The number of ether oxygens (including phenoxy) is 2. The molecule has 0 aromatic heterocycles. The second kappa shape index (κ2) is 8.78. The smallest absolute Gasteiger partial charge is 0.310 e. The third kappa shape index (κ3) is 5.03. The highest BCUT2D eigenvalue weighted by Gasteiger charge is 2.30. The van der Waals surface area contributed by atoms with Gasteiger partial charge in [-0.15, -0.1) is 0 Å². The van der Waals surface area contributed by atoms with Gasteiger partial charge in [0.2, 0.25) is 0 Å². The summed E-state index contributed by atoms with van der Waals surface area (Å²) in [5.41, 5.74) is 0.937. The first-order chi connectivity index (χ1) is 11.5. The van der Waals surface area contributed by atoms with E-state index in [1.54, 1.807) is 24.0 Å². The van der Waals surface area contributed by atoms with Crippen LogP contribution in [0.3, 0.4) is 0 Å². The summed E-state index contributed by atoms with van der Waals surface area (Å²) in [6, 6.07) is 6.21. The van der Waals surface area contributed by atoms with Crippen molar-refractivity contribution in [1.29, 1.82) is 0 Å². The molecule has 1 aromatic carbocycles. The lowest BCUT2D eigenvalue weighted by Gasteiger charge is -2.27. The normalized spacial score (nSPS) is 18.2. The highest BCUT2D eigenvalue weighted by molar-refractivity contribution is 5.82. The minimum Gasteiger partial charge on any atom is -0.469 e. The van der Waals surface area contributed by atoms with Crippen molar-refractivity contribution < 1.29 is 23.5 Å². The fraction of sp³-hybridized carbons (Fsp3) is 0.556. The molecule has 5 nitrogen and oxygen atoms in total. The Bertz CT molecular complexity index is 555. The van der Waals surface area contributed by atoms with Gasteiger partial charge >= 0.3 is 5.97 Å². The highest BCUT2D eigenvalue weighted by Crippen LogP contribution is 2.17. The lowest BCUT2D eigenvalue weighted by atomic mass is 10.1. The third-order valence-corrected chi connectivity index (χ3v) is 4.20. The first kappa shape index (κ1) is 18.4. The van der Waals surface area contributed by atoms with Gasteiger partial charge in [-0.2, -0.15) is 0 Å². The minimum absolute atomic E-state index is 0.0923. The average Bonchev–Trinajstić information content (AvgIpc) is 3.13. The molecule has 0 N–H and O–H groups in total. The van der Waals surface area contributed by atoms with Crippen LogP contribution in [0, 0.1) is 11.7 Å². The SMILES string of the molecule is COC(=O)C(C)CN(CCc1ccc(F)cc1)C(=O)C1CCCO1. The van der Waals surface area contributed by atoms with E-state index in [-0.39, 0.29) is 24.2 Å². The van der Waals surface area contributed by atoms with Gasteiger partial charge < -0.3 is 14.4 Å². The number of carbonyl (C=O) groups is 2. The van der Waals surface area contributed by atoms with Gasteiger partial charge in [-0.1, -0.05) is 19.1 Å². The molecule has 1 aliphatic heterocycles. The molecule has 1 aliphatic rings. The van der Waals surface area contributed by atoms with Crippen LogP contribution < -0.4 is 0 Å². The van der Waals surface area contributed by atoms with Gasteiger partial charge in [-0.05, 0) is 37.0 Å². The van der Waals surface area contributed by atoms with Crippen LogP contribution in [0.1, 0.15) is 25.3 Å². The molecule has 1 amide bonds. The Balaban J connectivity index is 2.01. The largest absolute Gasteiger partial charge is 0.469 e. The van der Waals surface area contributed by atoms with Gasteiger partial charge in [-0.3, -0.25) is 9.59 Å². The molecule has 0 radical (unpaired) electrons. The number of rotatable bonds is 7. The molecule has 2 atom stereocenters. The van der Waals surface area contributed by atoms with Gasteiger partial charge in [0.25, 0.3) is 5.91 Å². The summed E-state index contributed by atoms with van der Waals surface area (Å²) >= 11 is 0. The van der Waals surface area contributed by atoms with Crippen LogP contribution in [-0.4, -0.2) is 49.7 Å². The number of halogens is 1. The van der Waals surface area contributed by atoms with Crippen molar-refractivity contribution in [2.24, 2.45) is 5.92 Å². The molecule has 1 heterocycles. The van der Waals surface area contributed by atoms with Crippen LogP contribution in [0.5, 0.6) is 0 Å². The molecule has 0 bridgehead atoms. The number of amides is 1. The molecule has 0 spiro atoms. The molecular formula is C18H24FNO4. The molecule has 1 saturated heterocycles. The van der Waals surface area contributed by atoms with E-state index in [1.807, 2.05) is 0 Å². The Hall–Kier alpha value is -1.95. The fourth-order valence-electron chi connectivity index (χ4n) is 2.79. The van der Waals surface area contributed by atoms with Crippen LogP contribution in [0.15, 0.2) is 24.3 Å². The monoisotopic (exact) mass is 337 g/mol. The predicted octanol–water partition coefficient (Wildman–Crippen LogP) is 2.18. The number of hydrogen-bond donors (Lipinski definition) is 0. The Kier molecular flexibility index (Phi) is 6.73. The molecule has 2 unspecified atom stereocenters. The van der Waals surface area contributed by atoms with Gasteiger partial charge in [0.1, 0.15) is 11.9 Å². The lowest BCUT2D eigenvalue weighted by molar-refractivity contribution is -0.148. The second-order valence-electron chi connectivity index (χ2n) is 6.09. The maximum Gasteiger partial charge on any atom is 0.310 e. The maximum atomic E-state index is 13.0. The molecule has 1 fully saturated rings. The zero-order chi connectivity index (χ0) is 17.5. The summed E-state index contributed by atoms with van der Waals surface area (Å²) in [4.78, 5) is 26.0. The number of esters is 1. The zero-order valence-corrected chi connectivity index (χ0v) is 14.2. The van der Waals surface area contributed by atoms with Crippen LogP contribution in [0.2, 0.25) is 0 Å². The number of benzene rings is 1. The molecule has 24 heavy (non-hydrogen) atoms. The topological polar surface area (TPSA) is 55.8 Å². The van der Waals surface area contributed by atoms with E-state index in [4.69, 9.17) is 9.47 Å². The van der Waals surface area contributed by atoms with Crippen LogP contribution in [0.25, 0.3) is 0 Å². The quantitative estimate of drug-likeness (QED) is 0.716. The first-order valence-electron chi connectivity index (χ1n) is 8.24. The maximum absolute atomic E-state index is 13.0. The molecule has 0 aliphatic carbocycles. The molecule has 1 aromatic rings. The number of carbonyl (C=O) groups excluding carboxylic acids is 2. The van der Waals surface area contributed by atoms with E-state index in [0.29, 0.717) is 26.0 Å². The number of methoxy groups -OCH3 is 1. The van der Waals surface area contributed by atoms with E-state index in [2.05, 4.69) is 0 Å².